The first-order valence-corrected chi connectivity index (χ1v) is 6.58. The maximum absolute atomic E-state index is 5.65. The molecule has 0 aliphatic carbocycles. The summed E-state index contributed by atoms with van der Waals surface area (Å²) in [4.78, 5) is 8.25. The molecule has 0 fully saturated rings. The molecule has 0 atom stereocenters. The molecule has 0 unspecified atom stereocenters. The van der Waals surface area contributed by atoms with Crippen LogP contribution in [0.3, 0.4) is 0 Å². The summed E-state index contributed by atoms with van der Waals surface area (Å²) in [6.45, 7) is 3.68. The van der Waals surface area contributed by atoms with Crippen LogP contribution in [0.5, 0.6) is 11.8 Å². The Bertz CT molecular complexity index is 786. The van der Waals surface area contributed by atoms with Crippen LogP contribution in [0.1, 0.15) is 11.6 Å². The average Bonchev–Trinajstić information content (AvgIpc) is 3.12. The summed E-state index contributed by atoms with van der Waals surface area (Å²) in [5, 5.41) is 8.29. The summed E-state index contributed by atoms with van der Waals surface area (Å²) in [7, 11) is 3.06. The van der Waals surface area contributed by atoms with Crippen LogP contribution in [-0.4, -0.2) is 39.0 Å². The monoisotopic (exact) mass is 301 g/mol. The molecule has 0 aliphatic heterocycles. The second-order valence-corrected chi connectivity index (χ2v) is 4.56. The van der Waals surface area contributed by atoms with Gasteiger partial charge in [-0.1, -0.05) is 0 Å². The van der Waals surface area contributed by atoms with Gasteiger partial charge in [0.2, 0.25) is 17.6 Å². The maximum Gasteiger partial charge on any atom is 0.245 e. The van der Waals surface area contributed by atoms with Crippen molar-refractivity contribution in [2.75, 3.05) is 14.2 Å². The molecule has 0 aromatic carbocycles. The molecule has 8 heteroatoms. The van der Waals surface area contributed by atoms with E-state index in [9.17, 15) is 0 Å². The van der Waals surface area contributed by atoms with Crippen molar-refractivity contribution >= 4 is 0 Å². The normalized spacial score (nSPS) is 10.7. The van der Waals surface area contributed by atoms with Gasteiger partial charge in [0.05, 0.1) is 14.2 Å². The lowest BCUT2D eigenvalue weighted by Crippen LogP contribution is -2.07. The summed E-state index contributed by atoms with van der Waals surface area (Å²) in [5.41, 5.74) is 0.527. The van der Waals surface area contributed by atoms with Crippen molar-refractivity contribution in [1.82, 2.24) is 24.7 Å². The first-order valence-electron chi connectivity index (χ1n) is 6.58. The van der Waals surface area contributed by atoms with E-state index in [4.69, 9.17) is 13.9 Å². The lowest BCUT2D eigenvalue weighted by Gasteiger charge is -2.13. The topological polar surface area (TPSA) is 88.1 Å². The van der Waals surface area contributed by atoms with Crippen molar-refractivity contribution in [3.05, 3.63) is 30.0 Å². The molecule has 3 aromatic heterocycles. The molecule has 0 radical (unpaired) electrons. The molecular weight excluding hydrogens is 286 g/mol. The number of nitrogens with zero attached hydrogens (tertiary/aromatic N) is 5. The third-order valence-electron chi connectivity index (χ3n) is 3.15. The zero-order chi connectivity index (χ0) is 15.7. The van der Waals surface area contributed by atoms with Crippen LogP contribution in [0, 0.1) is 13.8 Å². The molecule has 3 heterocycles. The first kappa shape index (κ1) is 14.1. The molecular formula is C14H15N5O3. The third kappa shape index (κ3) is 2.18. The molecule has 0 bridgehead atoms. The molecule has 3 rings (SSSR count). The minimum Gasteiger partial charge on any atom is -0.479 e. The smallest absolute Gasteiger partial charge is 0.245 e. The van der Waals surface area contributed by atoms with Crippen LogP contribution < -0.4 is 9.47 Å². The van der Waals surface area contributed by atoms with Crippen LogP contribution in [0.2, 0.25) is 0 Å². The van der Waals surface area contributed by atoms with Gasteiger partial charge in [-0.3, -0.25) is 4.57 Å². The summed E-state index contributed by atoms with van der Waals surface area (Å²) in [5.74, 6) is 3.25. The Kier molecular flexibility index (Phi) is 3.50. The number of aryl methyl sites for hydroxylation is 2. The fourth-order valence-electron chi connectivity index (χ4n) is 2.18. The minimum atomic E-state index is 0.360. The van der Waals surface area contributed by atoms with Gasteiger partial charge in [0.25, 0.3) is 0 Å². The molecule has 0 saturated heterocycles. The molecule has 0 spiro atoms. The van der Waals surface area contributed by atoms with E-state index in [-0.39, 0.29) is 0 Å². The molecule has 0 saturated carbocycles. The summed E-state index contributed by atoms with van der Waals surface area (Å²) in [6, 6.07) is 3.69. The highest BCUT2D eigenvalue weighted by atomic mass is 16.5. The fourth-order valence-corrected chi connectivity index (χ4v) is 2.18. The Morgan fingerprint density at radius 2 is 1.68 bits per heavy atom. The van der Waals surface area contributed by atoms with Crippen LogP contribution in [-0.2, 0) is 0 Å². The van der Waals surface area contributed by atoms with Gasteiger partial charge in [0.1, 0.15) is 17.9 Å². The van der Waals surface area contributed by atoms with Crippen molar-refractivity contribution in [3.8, 4) is 29.0 Å². The Labute approximate surface area is 126 Å². The van der Waals surface area contributed by atoms with Gasteiger partial charge in [-0.2, -0.15) is 9.97 Å². The van der Waals surface area contributed by atoms with Crippen LogP contribution in [0.4, 0.5) is 0 Å². The number of methoxy groups -OCH3 is 2. The molecule has 3 aromatic rings. The van der Waals surface area contributed by atoms with Gasteiger partial charge >= 0.3 is 0 Å². The van der Waals surface area contributed by atoms with E-state index in [0.29, 0.717) is 34.9 Å². The number of hydrogen-bond donors (Lipinski definition) is 0. The van der Waals surface area contributed by atoms with Gasteiger partial charge in [-0.15, -0.1) is 10.2 Å². The maximum atomic E-state index is 5.65. The third-order valence-corrected chi connectivity index (χ3v) is 3.15. The highest BCUT2D eigenvalue weighted by molar-refractivity contribution is 5.59. The minimum absolute atomic E-state index is 0.360. The Morgan fingerprint density at radius 1 is 1.00 bits per heavy atom. The predicted octanol–water partition coefficient (Wildman–Crippen LogP) is 1.95. The van der Waals surface area contributed by atoms with Crippen molar-refractivity contribution in [3.63, 3.8) is 0 Å². The molecule has 0 aliphatic rings. The zero-order valence-electron chi connectivity index (χ0n) is 12.7. The molecule has 0 amide bonds. The van der Waals surface area contributed by atoms with Gasteiger partial charge < -0.3 is 13.9 Å². The van der Waals surface area contributed by atoms with E-state index in [1.165, 1.54) is 20.5 Å². The fraction of sp³-hybridized carbons (Fsp3) is 0.286. The molecule has 114 valence electrons. The van der Waals surface area contributed by atoms with Crippen LogP contribution >= 0.6 is 0 Å². The Hall–Kier alpha value is -2.90. The lowest BCUT2D eigenvalue weighted by molar-refractivity contribution is 0.368. The van der Waals surface area contributed by atoms with Crippen molar-refractivity contribution < 1.29 is 13.9 Å². The van der Waals surface area contributed by atoms with E-state index >= 15 is 0 Å². The predicted molar refractivity (Wildman–Crippen MR) is 77.2 cm³/mol. The summed E-state index contributed by atoms with van der Waals surface area (Å²) in [6.07, 6.45) is 1.37. The molecule has 8 nitrogen and oxygen atoms in total. The van der Waals surface area contributed by atoms with Crippen molar-refractivity contribution in [2.24, 2.45) is 0 Å². The van der Waals surface area contributed by atoms with Gasteiger partial charge in [0.15, 0.2) is 11.4 Å². The largest absolute Gasteiger partial charge is 0.479 e. The highest BCUT2D eigenvalue weighted by Crippen LogP contribution is 2.33. The Morgan fingerprint density at radius 3 is 2.23 bits per heavy atom. The van der Waals surface area contributed by atoms with E-state index < -0.39 is 0 Å². The van der Waals surface area contributed by atoms with Crippen molar-refractivity contribution in [1.29, 1.82) is 0 Å². The number of hydrogen-bond acceptors (Lipinski definition) is 7. The van der Waals surface area contributed by atoms with E-state index in [2.05, 4.69) is 20.2 Å². The van der Waals surface area contributed by atoms with E-state index in [1.807, 2.05) is 26.0 Å². The SMILES string of the molecule is COc1ncnc(OC)c1-n1c(C)nnc1-c1ccc(C)o1. The van der Waals surface area contributed by atoms with Crippen LogP contribution in [0.25, 0.3) is 17.3 Å². The van der Waals surface area contributed by atoms with Gasteiger partial charge in [0, 0.05) is 0 Å². The standard InChI is InChI=1S/C14H15N5O3/c1-8-5-6-10(22-8)12-18-17-9(2)19(12)11-13(20-3)15-7-16-14(11)21-4/h5-7H,1-4H3. The van der Waals surface area contributed by atoms with Crippen LogP contribution in [0.15, 0.2) is 22.9 Å². The van der Waals surface area contributed by atoms with Gasteiger partial charge in [-0.05, 0) is 26.0 Å². The van der Waals surface area contributed by atoms with E-state index in [0.717, 1.165) is 5.76 Å². The highest BCUT2D eigenvalue weighted by Gasteiger charge is 2.23. The lowest BCUT2D eigenvalue weighted by atomic mass is 10.3. The number of ether oxygens (including phenoxy) is 2. The zero-order valence-corrected chi connectivity index (χ0v) is 12.7. The summed E-state index contributed by atoms with van der Waals surface area (Å²) >= 11 is 0. The van der Waals surface area contributed by atoms with Crippen molar-refractivity contribution in [2.45, 2.75) is 13.8 Å². The number of furan rings is 1. The second kappa shape index (κ2) is 5.47. The second-order valence-electron chi connectivity index (χ2n) is 4.56. The summed E-state index contributed by atoms with van der Waals surface area (Å²) < 4.78 is 18.0. The van der Waals surface area contributed by atoms with E-state index in [1.54, 1.807) is 4.57 Å². The average molecular weight is 301 g/mol. The molecule has 0 N–H and O–H groups in total. The number of aromatic nitrogens is 5. The Balaban J connectivity index is 2.28. The molecule has 22 heavy (non-hydrogen) atoms. The van der Waals surface area contributed by atoms with Gasteiger partial charge in [-0.25, -0.2) is 0 Å². The first-order chi connectivity index (χ1) is 10.7. The quantitative estimate of drug-likeness (QED) is 0.727. The number of rotatable bonds is 4.